The number of halogens is 2. The van der Waals surface area contributed by atoms with E-state index in [4.69, 9.17) is 23.2 Å². The van der Waals surface area contributed by atoms with Crippen LogP contribution < -0.4 is 0 Å². The topological polar surface area (TPSA) is 0 Å². The Morgan fingerprint density at radius 2 is 1.00 bits per heavy atom. The number of alkyl halides is 2. The van der Waals surface area contributed by atoms with Crippen molar-refractivity contribution in [2.45, 2.75) is 14.8 Å². The zero-order valence-corrected chi connectivity index (χ0v) is 16.1. The van der Waals surface area contributed by atoms with E-state index in [1.165, 1.54) is 43.8 Å². The Morgan fingerprint density at radius 1 is 0.615 bits per heavy atom. The Kier molecular flexibility index (Phi) is 3.07. The standard InChI is InChI=1S/C23H14Cl2S/c24-23(25)21-17-9-13-5-1-3-7-15(13)11-19(17)22(26-23)20-12-16-8-4-2-6-14(16)10-18(20)21/h1-12,21-22H. The van der Waals surface area contributed by atoms with Crippen LogP contribution in [0, 0.1) is 0 Å². The zero-order chi connectivity index (χ0) is 17.5. The quantitative estimate of drug-likeness (QED) is 0.280. The van der Waals surface area contributed by atoms with Crippen molar-refractivity contribution in [2.75, 3.05) is 0 Å². The van der Waals surface area contributed by atoms with Gasteiger partial charge in [0.1, 0.15) is 0 Å². The molecule has 126 valence electrons. The SMILES string of the molecule is ClC1(Cl)SC2c3cc4ccccc4cc3C1c1cc3ccccc3cc12. The molecule has 1 aliphatic carbocycles. The fourth-order valence-electron chi connectivity index (χ4n) is 4.55. The second-order valence-corrected chi connectivity index (χ2v) is 10.3. The molecule has 0 amide bonds. The molecular formula is C23H14Cl2S. The minimum Gasteiger partial charge on any atom is -0.109 e. The average molecular weight is 393 g/mol. The van der Waals surface area contributed by atoms with Crippen LogP contribution in [0.3, 0.4) is 0 Å². The molecule has 4 aromatic rings. The molecule has 0 saturated heterocycles. The highest BCUT2D eigenvalue weighted by atomic mass is 35.5. The molecule has 4 aromatic carbocycles. The summed E-state index contributed by atoms with van der Waals surface area (Å²) in [5, 5.41) is 5.22. The monoisotopic (exact) mass is 392 g/mol. The lowest BCUT2D eigenvalue weighted by Gasteiger charge is -2.47. The van der Waals surface area contributed by atoms with Gasteiger partial charge in [-0.05, 0) is 55.9 Å². The smallest absolute Gasteiger partial charge is 0.109 e. The number of rotatable bonds is 0. The van der Waals surface area contributed by atoms with E-state index in [0.717, 1.165) is 0 Å². The van der Waals surface area contributed by atoms with E-state index in [0.29, 0.717) is 0 Å². The Hall–Kier alpha value is -1.67. The van der Waals surface area contributed by atoms with E-state index in [9.17, 15) is 0 Å². The third-order valence-corrected chi connectivity index (χ3v) is 7.97. The Bertz CT molecular complexity index is 1120. The van der Waals surface area contributed by atoms with Crippen LogP contribution in [-0.4, -0.2) is 3.67 Å². The molecule has 0 unspecified atom stereocenters. The van der Waals surface area contributed by atoms with Crippen LogP contribution in [-0.2, 0) is 0 Å². The lowest BCUT2D eigenvalue weighted by molar-refractivity contribution is 0.759. The molecule has 2 aliphatic heterocycles. The van der Waals surface area contributed by atoms with Crippen molar-refractivity contribution in [1.29, 1.82) is 0 Å². The maximum atomic E-state index is 6.85. The highest BCUT2D eigenvalue weighted by molar-refractivity contribution is 8.03. The molecule has 2 bridgehead atoms. The maximum absolute atomic E-state index is 6.85. The van der Waals surface area contributed by atoms with Crippen molar-refractivity contribution < 1.29 is 0 Å². The molecule has 26 heavy (non-hydrogen) atoms. The number of hydrogen-bond donors (Lipinski definition) is 0. The molecule has 0 atom stereocenters. The molecule has 7 rings (SSSR count). The summed E-state index contributed by atoms with van der Waals surface area (Å²) in [6.07, 6.45) is 0. The number of hydrogen-bond acceptors (Lipinski definition) is 1. The molecule has 0 fully saturated rings. The van der Waals surface area contributed by atoms with Crippen molar-refractivity contribution in [3.05, 3.63) is 95.1 Å². The van der Waals surface area contributed by atoms with Gasteiger partial charge >= 0.3 is 0 Å². The summed E-state index contributed by atoms with van der Waals surface area (Å²) in [4.78, 5) is 0. The Labute approximate surface area is 166 Å². The highest BCUT2D eigenvalue weighted by Crippen LogP contribution is 2.67. The molecule has 0 N–H and O–H groups in total. The van der Waals surface area contributed by atoms with Crippen molar-refractivity contribution in [3.63, 3.8) is 0 Å². The van der Waals surface area contributed by atoms with E-state index in [2.05, 4.69) is 72.8 Å². The molecule has 2 heterocycles. The first-order chi connectivity index (χ1) is 12.6. The van der Waals surface area contributed by atoms with Gasteiger partial charge in [-0.1, -0.05) is 83.9 Å². The van der Waals surface area contributed by atoms with Gasteiger partial charge in [0.25, 0.3) is 0 Å². The van der Waals surface area contributed by atoms with Gasteiger partial charge in [-0.3, -0.25) is 0 Å². The first-order valence-electron chi connectivity index (χ1n) is 8.73. The summed E-state index contributed by atoms with van der Waals surface area (Å²) in [5.74, 6) is -0.0138. The summed E-state index contributed by atoms with van der Waals surface area (Å²) in [6, 6.07) is 26.3. The van der Waals surface area contributed by atoms with Gasteiger partial charge in [0.05, 0.1) is 11.2 Å². The van der Waals surface area contributed by atoms with Gasteiger partial charge < -0.3 is 0 Å². The fourth-order valence-corrected chi connectivity index (χ4v) is 6.93. The molecular weight excluding hydrogens is 379 g/mol. The van der Waals surface area contributed by atoms with E-state index in [1.54, 1.807) is 11.8 Å². The largest absolute Gasteiger partial charge is 0.175 e. The number of fused-ring (bicyclic) bond motifs is 3. The summed E-state index contributed by atoms with van der Waals surface area (Å²) in [5.41, 5.74) is 5.28. The van der Waals surface area contributed by atoms with Gasteiger partial charge in [0.2, 0.25) is 0 Å². The zero-order valence-electron chi connectivity index (χ0n) is 13.7. The van der Waals surface area contributed by atoms with Crippen LogP contribution in [0.1, 0.15) is 33.4 Å². The van der Waals surface area contributed by atoms with Crippen LogP contribution in [0.15, 0.2) is 72.8 Å². The van der Waals surface area contributed by atoms with Crippen LogP contribution in [0.2, 0.25) is 0 Å². The molecule has 0 saturated carbocycles. The lowest BCUT2D eigenvalue weighted by atomic mass is 9.76. The third kappa shape index (κ3) is 2.00. The van der Waals surface area contributed by atoms with Crippen molar-refractivity contribution >= 4 is 56.5 Å². The van der Waals surface area contributed by atoms with Crippen LogP contribution in [0.5, 0.6) is 0 Å². The number of benzene rings is 4. The predicted molar refractivity (Wildman–Crippen MR) is 114 cm³/mol. The van der Waals surface area contributed by atoms with E-state index < -0.39 is 3.67 Å². The number of thioether (sulfide) groups is 1. The predicted octanol–water partition coefficient (Wildman–Crippen LogP) is 7.41. The van der Waals surface area contributed by atoms with Crippen molar-refractivity contribution in [1.82, 2.24) is 0 Å². The lowest BCUT2D eigenvalue weighted by Crippen LogP contribution is -2.34. The minimum absolute atomic E-state index is 0.0138. The van der Waals surface area contributed by atoms with E-state index >= 15 is 0 Å². The fraction of sp³-hybridized carbons (Fsp3) is 0.130. The van der Waals surface area contributed by atoms with Crippen LogP contribution in [0.4, 0.5) is 0 Å². The first kappa shape index (κ1) is 15.4. The molecule has 3 heteroatoms. The summed E-state index contributed by atoms with van der Waals surface area (Å²) in [7, 11) is 0. The van der Waals surface area contributed by atoms with Gasteiger partial charge in [-0.2, -0.15) is 0 Å². The molecule has 0 radical (unpaired) electrons. The Morgan fingerprint density at radius 3 is 1.42 bits per heavy atom. The Balaban J connectivity index is 1.71. The van der Waals surface area contributed by atoms with E-state index in [-0.39, 0.29) is 11.2 Å². The second-order valence-electron chi connectivity index (χ2n) is 7.15. The molecule has 3 aliphatic rings. The van der Waals surface area contributed by atoms with Gasteiger partial charge in [-0.25, -0.2) is 0 Å². The minimum atomic E-state index is -0.838. The van der Waals surface area contributed by atoms with Crippen LogP contribution >= 0.6 is 35.0 Å². The van der Waals surface area contributed by atoms with Gasteiger partial charge in [0.15, 0.2) is 3.67 Å². The van der Waals surface area contributed by atoms with Crippen molar-refractivity contribution in [3.8, 4) is 0 Å². The summed E-state index contributed by atoms with van der Waals surface area (Å²) < 4.78 is -0.838. The molecule has 0 aromatic heterocycles. The highest BCUT2D eigenvalue weighted by Gasteiger charge is 2.52. The normalized spacial score (nSPS) is 22.4. The van der Waals surface area contributed by atoms with E-state index in [1.807, 2.05) is 0 Å². The summed E-state index contributed by atoms with van der Waals surface area (Å²) in [6.45, 7) is 0. The summed E-state index contributed by atoms with van der Waals surface area (Å²) >= 11 is 15.4. The third-order valence-electron chi connectivity index (χ3n) is 5.70. The maximum Gasteiger partial charge on any atom is 0.175 e. The molecule has 0 nitrogen and oxygen atoms in total. The first-order valence-corrected chi connectivity index (χ1v) is 10.4. The second kappa shape index (κ2) is 5.19. The molecule has 0 spiro atoms. The van der Waals surface area contributed by atoms with Crippen LogP contribution in [0.25, 0.3) is 21.5 Å². The van der Waals surface area contributed by atoms with Gasteiger partial charge in [0, 0.05) is 0 Å². The average Bonchev–Trinajstić information content (AvgIpc) is 2.64. The van der Waals surface area contributed by atoms with Gasteiger partial charge in [-0.15, -0.1) is 11.8 Å². The van der Waals surface area contributed by atoms with Crippen molar-refractivity contribution in [2.24, 2.45) is 0 Å².